The second-order valence-corrected chi connectivity index (χ2v) is 8.08. The molecule has 2 fully saturated rings. The number of piperazine rings is 1. The zero-order chi connectivity index (χ0) is 20.4. The minimum absolute atomic E-state index is 0.0633. The fourth-order valence-corrected chi connectivity index (χ4v) is 4.05. The lowest BCUT2D eigenvalue weighted by atomic mass is 9.99. The summed E-state index contributed by atoms with van der Waals surface area (Å²) in [5.41, 5.74) is 2.30. The molecule has 2 aliphatic heterocycles. The Morgan fingerprint density at radius 1 is 1.03 bits per heavy atom. The van der Waals surface area contributed by atoms with Crippen molar-refractivity contribution >= 4 is 11.8 Å². The second kappa shape index (κ2) is 8.37. The third-order valence-corrected chi connectivity index (χ3v) is 5.93. The van der Waals surface area contributed by atoms with Crippen LogP contribution in [-0.4, -0.2) is 77.5 Å². The monoisotopic (exact) mass is 396 g/mol. The van der Waals surface area contributed by atoms with E-state index in [1.165, 1.54) is 0 Å². The number of carbonyl (C=O) groups excluding carboxylic acids is 2. The van der Waals surface area contributed by atoms with E-state index in [-0.39, 0.29) is 17.5 Å². The Hall–Kier alpha value is -2.67. The van der Waals surface area contributed by atoms with Crippen molar-refractivity contribution in [3.05, 3.63) is 41.6 Å². The number of nitrogens with zero attached hydrogens (tertiary/aromatic N) is 4. The van der Waals surface area contributed by atoms with Gasteiger partial charge in [0.25, 0.3) is 5.91 Å². The van der Waals surface area contributed by atoms with Crippen LogP contribution in [0.1, 0.15) is 35.3 Å². The van der Waals surface area contributed by atoms with Gasteiger partial charge < -0.3 is 19.2 Å². The van der Waals surface area contributed by atoms with Crippen LogP contribution in [0.15, 0.2) is 34.9 Å². The van der Waals surface area contributed by atoms with Crippen LogP contribution >= 0.6 is 0 Å². The van der Waals surface area contributed by atoms with Crippen LogP contribution in [0.4, 0.5) is 0 Å². The number of hydrogen-bond acceptors (Lipinski definition) is 5. The van der Waals surface area contributed by atoms with Crippen LogP contribution in [0.2, 0.25) is 0 Å². The summed E-state index contributed by atoms with van der Waals surface area (Å²) < 4.78 is 5.43. The average Bonchev–Trinajstić information content (AvgIpc) is 3.24. The highest BCUT2D eigenvalue weighted by molar-refractivity contribution is 5.97. The molecule has 1 atom stereocenters. The van der Waals surface area contributed by atoms with E-state index in [9.17, 15) is 9.59 Å². The van der Waals surface area contributed by atoms with E-state index in [4.69, 9.17) is 4.52 Å². The highest BCUT2D eigenvalue weighted by atomic mass is 16.5. The fraction of sp³-hybridized carbons (Fsp3) is 0.500. The maximum Gasteiger partial charge on any atom is 0.276 e. The number of hydrogen-bond donors (Lipinski definition) is 0. The molecule has 7 heteroatoms. The number of benzene rings is 1. The molecular formula is C22H28N4O3. The number of piperidine rings is 1. The molecule has 3 heterocycles. The quantitative estimate of drug-likeness (QED) is 0.797. The molecule has 0 radical (unpaired) electrons. The summed E-state index contributed by atoms with van der Waals surface area (Å²) in [6.07, 6.45) is 2.57. The summed E-state index contributed by atoms with van der Waals surface area (Å²) in [5, 5.41) is 4.01. The smallest absolute Gasteiger partial charge is 0.276 e. The fourth-order valence-electron chi connectivity index (χ4n) is 4.05. The molecule has 2 saturated heterocycles. The van der Waals surface area contributed by atoms with Gasteiger partial charge in [0.15, 0.2) is 11.5 Å². The van der Waals surface area contributed by atoms with Crippen molar-refractivity contribution in [1.29, 1.82) is 0 Å². The Balaban J connectivity index is 1.50. The van der Waals surface area contributed by atoms with E-state index in [2.05, 4.69) is 17.1 Å². The summed E-state index contributed by atoms with van der Waals surface area (Å²) in [6, 6.07) is 9.16. The number of rotatable bonds is 3. The van der Waals surface area contributed by atoms with Crippen molar-refractivity contribution in [2.24, 2.45) is 0 Å². The first-order valence-corrected chi connectivity index (χ1v) is 10.3. The first-order valence-electron chi connectivity index (χ1n) is 10.3. The maximum atomic E-state index is 13.2. The Morgan fingerprint density at radius 2 is 1.76 bits per heavy atom. The summed E-state index contributed by atoms with van der Waals surface area (Å²) in [4.78, 5) is 32.1. The molecule has 1 aromatic carbocycles. The summed E-state index contributed by atoms with van der Waals surface area (Å²) in [7, 11) is 2.06. The van der Waals surface area contributed by atoms with E-state index in [0.717, 1.165) is 50.1 Å². The molecule has 0 saturated carbocycles. The standard InChI is InChI=1S/C22H28N4O3/c1-16-6-8-17(9-7-16)20-15-18(23-29-20)21(27)26-10-4-3-5-19(26)22(28)25-13-11-24(2)12-14-25/h6-9,15,19H,3-5,10-14H2,1-2H3. The lowest BCUT2D eigenvalue weighted by molar-refractivity contribution is -0.138. The number of amides is 2. The predicted molar refractivity (Wildman–Crippen MR) is 109 cm³/mol. The molecule has 154 valence electrons. The van der Waals surface area contributed by atoms with E-state index in [0.29, 0.717) is 18.7 Å². The topological polar surface area (TPSA) is 69.9 Å². The maximum absolute atomic E-state index is 13.2. The van der Waals surface area contributed by atoms with E-state index < -0.39 is 6.04 Å². The molecule has 2 aromatic rings. The third-order valence-electron chi connectivity index (χ3n) is 5.93. The number of carbonyl (C=O) groups is 2. The highest BCUT2D eigenvalue weighted by Gasteiger charge is 2.36. The van der Waals surface area contributed by atoms with Gasteiger partial charge in [0.05, 0.1) is 0 Å². The van der Waals surface area contributed by atoms with Crippen LogP contribution in [0, 0.1) is 6.92 Å². The normalized spacial score (nSPS) is 20.7. The van der Waals surface area contributed by atoms with Crippen molar-refractivity contribution in [3.63, 3.8) is 0 Å². The first kappa shape index (κ1) is 19.6. The van der Waals surface area contributed by atoms with Gasteiger partial charge in [0.2, 0.25) is 5.91 Å². The molecule has 7 nitrogen and oxygen atoms in total. The molecule has 0 spiro atoms. The van der Waals surface area contributed by atoms with Crippen LogP contribution in [-0.2, 0) is 4.79 Å². The molecule has 2 aliphatic rings. The van der Waals surface area contributed by atoms with Crippen molar-refractivity contribution in [1.82, 2.24) is 19.9 Å². The summed E-state index contributed by atoms with van der Waals surface area (Å²) >= 11 is 0. The largest absolute Gasteiger partial charge is 0.355 e. The number of aryl methyl sites for hydroxylation is 1. The average molecular weight is 396 g/mol. The van der Waals surface area contributed by atoms with Gasteiger partial charge in [-0.25, -0.2) is 0 Å². The zero-order valence-corrected chi connectivity index (χ0v) is 17.1. The minimum atomic E-state index is -0.404. The van der Waals surface area contributed by atoms with E-state index in [1.807, 2.05) is 36.1 Å². The molecule has 1 aromatic heterocycles. The van der Waals surface area contributed by atoms with Crippen molar-refractivity contribution in [3.8, 4) is 11.3 Å². The van der Waals surface area contributed by atoms with Gasteiger partial charge in [-0.05, 0) is 33.2 Å². The van der Waals surface area contributed by atoms with E-state index in [1.54, 1.807) is 11.0 Å². The molecule has 2 amide bonds. The van der Waals surface area contributed by atoms with Gasteiger partial charge in [-0.2, -0.15) is 0 Å². The lowest BCUT2D eigenvalue weighted by Crippen LogP contribution is -2.56. The van der Waals surface area contributed by atoms with Gasteiger partial charge in [0.1, 0.15) is 6.04 Å². The Kier molecular flexibility index (Phi) is 5.67. The minimum Gasteiger partial charge on any atom is -0.355 e. The van der Waals surface area contributed by atoms with Crippen molar-refractivity contribution in [2.45, 2.75) is 32.2 Å². The van der Waals surface area contributed by atoms with Crippen LogP contribution in [0.25, 0.3) is 11.3 Å². The first-order chi connectivity index (χ1) is 14.0. The predicted octanol–water partition coefficient (Wildman–Crippen LogP) is 2.42. The Bertz CT molecular complexity index is 868. The van der Waals surface area contributed by atoms with E-state index >= 15 is 0 Å². The molecule has 0 bridgehead atoms. The molecule has 29 heavy (non-hydrogen) atoms. The van der Waals surface area contributed by atoms with Crippen LogP contribution < -0.4 is 0 Å². The van der Waals surface area contributed by atoms with Gasteiger partial charge in [-0.15, -0.1) is 0 Å². The number of aromatic nitrogens is 1. The van der Waals surface area contributed by atoms with Crippen LogP contribution in [0.5, 0.6) is 0 Å². The number of likely N-dealkylation sites (tertiary alicyclic amines) is 1. The Labute approximate surface area is 171 Å². The molecule has 4 rings (SSSR count). The van der Waals surface area contributed by atoms with Crippen molar-refractivity contribution in [2.75, 3.05) is 39.8 Å². The van der Waals surface area contributed by atoms with Crippen LogP contribution in [0.3, 0.4) is 0 Å². The van der Waals surface area contributed by atoms with Gasteiger partial charge in [0, 0.05) is 44.4 Å². The molecule has 1 unspecified atom stereocenters. The highest BCUT2D eigenvalue weighted by Crippen LogP contribution is 2.25. The SMILES string of the molecule is Cc1ccc(-c2cc(C(=O)N3CCCCC3C(=O)N3CCN(C)CC3)no2)cc1. The number of likely N-dealkylation sites (N-methyl/N-ethyl adjacent to an activating group) is 1. The van der Waals surface area contributed by atoms with Gasteiger partial charge in [-0.1, -0.05) is 35.0 Å². The lowest BCUT2D eigenvalue weighted by Gasteiger charge is -2.39. The molecular weight excluding hydrogens is 368 g/mol. The van der Waals surface area contributed by atoms with Gasteiger partial charge in [-0.3, -0.25) is 9.59 Å². The third kappa shape index (κ3) is 4.19. The van der Waals surface area contributed by atoms with Gasteiger partial charge >= 0.3 is 0 Å². The summed E-state index contributed by atoms with van der Waals surface area (Å²) in [5.74, 6) is 0.403. The summed E-state index contributed by atoms with van der Waals surface area (Å²) in [6.45, 7) is 5.78. The molecule has 0 aliphatic carbocycles. The van der Waals surface area contributed by atoms with Crippen molar-refractivity contribution < 1.29 is 14.1 Å². The zero-order valence-electron chi connectivity index (χ0n) is 17.1. The second-order valence-electron chi connectivity index (χ2n) is 8.08. The molecule has 0 N–H and O–H groups in total. The Morgan fingerprint density at radius 3 is 2.48 bits per heavy atom.